The van der Waals surface area contributed by atoms with Crippen LogP contribution in [0.4, 0.5) is 0 Å². The van der Waals surface area contributed by atoms with Crippen LogP contribution in [0, 0.1) is 0 Å². The SMILES string of the molecule is COc1ncccc1C(=O)N1CC[C@@H](c2[nH]ncc2S(C)(=O)=O)C1. The first-order valence-corrected chi connectivity index (χ1v) is 9.32. The van der Waals surface area contributed by atoms with Crippen LogP contribution in [0.25, 0.3) is 0 Å². The molecule has 1 aliphatic heterocycles. The number of ether oxygens (including phenoxy) is 1. The Hall–Kier alpha value is -2.42. The molecule has 1 saturated heterocycles. The fourth-order valence-corrected chi connectivity index (χ4v) is 3.80. The van der Waals surface area contributed by atoms with Gasteiger partial charge in [0.1, 0.15) is 10.5 Å². The van der Waals surface area contributed by atoms with Gasteiger partial charge in [0.25, 0.3) is 5.91 Å². The molecule has 0 aliphatic carbocycles. The van der Waals surface area contributed by atoms with E-state index in [4.69, 9.17) is 4.74 Å². The monoisotopic (exact) mass is 350 g/mol. The van der Waals surface area contributed by atoms with Gasteiger partial charge in [0.2, 0.25) is 5.88 Å². The van der Waals surface area contributed by atoms with E-state index in [1.54, 1.807) is 23.2 Å². The molecule has 24 heavy (non-hydrogen) atoms. The van der Waals surface area contributed by atoms with Gasteiger partial charge in [0.15, 0.2) is 9.84 Å². The second-order valence-corrected chi connectivity index (χ2v) is 7.70. The summed E-state index contributed by atoms with van der Waals surface area (Å²) in [6.07, 6.45) is 4.70. The normalized spacial score (nSPS) is 17.9. The Kier molecular flexibility index (Phi) is 4.27. The molecule has 0 saturated carbocycles. The summed E-state index contributed by atoms with van der Waals surface area (Å²) >= 11 is 0. The summed E-state index contributed by atoms with van der Waals surface area (Å²) in [5.74, 6) is 0.0102. The number of rotatable bonds is 4. The molecule has 3 rings (SSSR count). The lowest BCUT2D eigenvalue weighted by molar-refractivity contribution is 0.0786. The predicted octanol–water partition coefficient (Wildman–Crippen LogP) is 0.847. The molecule has 1 N–H and O–H groups in total. The molecule has 0 unspecified atom stereocenters. The molecule has 1 aliphatic rings. The Morgan fingerprint density at radius 3 is 2.96 bits per heavy atom. The Morgan fingerprint density at radius 1 is 1.46 bits per heavy atom. The number of hydrogen-bond acceptors (Lipinski definition) is 6. The number of sulfone groups is 1. The minimum Gasteiger partial charge on any atom is -0.480 e. The molecule has 128 valence electrons. The van der Waals surface area contributed by atoms with Crippen LogP contribution in [0.3, 0.4) is 0 Å². The van der Waals surface area contributed by atoms with E-state index in [0.717, 1.165) is 6.26 Å². The lowest BCUT2D eigenvalue weighted by Crippen LogP contribution is -2.29. The Morgan fingerprint density at radius 2 is 2.25 bits per heavy atom. The number of carbonyl (C=O) groups is 1. The average molecular weight is 350 g/mol. The van der Waals surface area contributed by atoms with Crippen molar-refractivity contribution in [3.8, 4) is 5.88 Å². The van der Waals surface area contributed by atoms with Gasteiger partial charge in [-0.1, -0.05) is 0 Å². The predicted molar refractivity (Wildman–Crippen MR) is 85.7 cm³/mol. The van der Waals surface area contributed by atoms with Crippen LogP contribution in [-0.2, 0) is 9.84 Å². The minimum absolute atomic E-state index is 0.0937. The fraction of sp³-hybridized carbons (Fsp3) is 0.400. The van der Waals surface area contributed by atoms with Gasteiger partial charge in [-0.05, 0) is 18.6 Å². The van der Waals surface area contributed by atoms with Crippen molar-refractivity contribution in [3.63, 3.8) is 0 Å². The molecular weight excluding hydrogens is 332 g/mol. The highest BCUT2D eigenvalue weighted by atomic mass is 32.2. The van der Waals surface area contributed by atoms with E-state index in [2.05, 4.69) is 15.2 Å². The van der Waals surface area contributed by atoms with Crippen molar-refractivity contribution in [2.75, 3.05) is 26.5 Å². The van der Waals surface area contributed by atoms with E-state index in [0.29, 0.717) is 30.8 Å². The van der Waals surface area contributed by atoms with Crippen LogP contribution >= 0.6 is 0 Å². The zero-order valence-corrected chi connectivity index (χ0v) is 14.2. The average Bonchev–Trinajstić information content (AvgIpc) is 3.22. The van der Waals surface area contributed by atoms with Gasteiger partial charge in [-0.2, -0.15) is 5.10 Å². The van der Waals surface area contributed by atoms with Gasteiger partial charge in [0, 0.05) is 31.5 Å². The van der Waals surface area contributed by atoms with E-state index in [1.165, 1.54) is 13.3 Å². The number of carbonyl (C=O) groups excluding carboxylic acids is 1. The van der Waals surface area contributed by atoms with Crippen molar-refractivity contribution in [2.45, 2.75) is 17.2 Å². The number of hydrogen-bond donors (Lipinski definition) is 1. The molecule has 1 fully saturated rings. The lowest BCUT2D eigenvalue weighted by atomic mass is 10.1. The number of likely N-dealkylation sites (tertiary alicyclic amines) is 1. The third-order valence-electron chi connectivity index (χ3n) is 4.11. The number of nitrogens with one attached hydrogen (secondary N) is 1. The summed E-state index contributed by atoms with van der Waals surface area (Å²) in [5, 5.41) is 6.62. The molecule has 9 heteroatoms. The number of nitrogens with zero attached hydrogens (tertiary/aromatic N) is 3. The highest BCUT2D eigenvalue weighted by Crippen LogP contribution is 2.31. The van der Waals surface area contributed by atoms with Crippen LogP contribution < -0.4 is 4.74 Å². The van der Waals surface area contributed by atoms with Gasteiger partial charge in [-0.3, -0.25) is 9.89 Å². The first-order chi connectivity index (χ1) is 11.4. The smallest absolute Gasteiger partial charge is 0.259 e. The third-order valence-corrected chi connectivity index (χ3v) is 5.23. The van der Waals surface area contributed by atoms with Crippen LogP contribution in [-0.4, -0.2) is 60.9 Å². The Labute approximate surface area is 139 Å². The molecule has 1 amide bonds. The van der Waals surface area contributed by atoms with Gasteiger partial charge in [-0.25, -0.2) is 13.4 Å². The molecule has 0 bridgehead atoms. The van der Waals surface area contributed by atoms with Crippen molar-refractivity contribution >= 4 is 15.7 Å². The molecule has 1 atom stereocenters. The maximum Gasteiger partial charge on any atom is 0.259 e. The van der Waals surface area contributed by atoms with Gasteiger partial charge in [0.05, 0.1) is 19.0 Å². The van der Waals surface area contributed by atoms with Crippen LogP contribution in [0.15, 0.2) is 29.4 Å². The number of pyridine rings is 1. The van der Waals surface area contributed by atoms with E-state index < -0.39 is 9.84 Å². The Bertz CT molecular complexity index is 862. The fourth-order valence-electron chi connectivity index (χ4n) is 2.94. The van der Waals surface area contributed by atoms with Gasteiger partial charge < -0.3 is 9.64 Å². The summed E-state index contributed by atoms with van der Waals surface area (Å²) in [7, 11) is -1.89. The van der Waals surface area contributed by atoms with E-state index in [9.17, 15) is 13.2 Å². The van der Waals surface area contributed by atoms with Crippen molar-refractivity contribution in [1.29, 1.82) is 0 Å². The summed E-state index contributed by atoms with van der Waals surface area (Å²) in [5.41, 5.74) is 0.958. The molecular formula is C15H18N4O4S. The largest absolute Gasteiger partial charge is 0.480 e. The second kappa shape index (κ2) is 6.23. The van der Waals surface area contributed by atoms with E-state index in [-0.39, 0.29) is 22.6 Å². The van der Waals surface area contributed by atoms with Crippen molar-refractivity contribution in [1.82, 2.24) is 20.1 Å². The van der Waals surface area contributed by atoms with E-state index >= 15 is 0 Å². The maximum absolute atomic E-state index is 12.7. The minimum atomic E-state index is -3.36. The summed E-state index contributed by atoms with van der Waals surface area (Å²) in [4.78, 5) is 18.6. The quantitative estimate of drug-likeness (QED) is 0.876. The van der Waals surface area contributed by atoms with Crippen LogP contribution in [0.2, 0.25) is 0 Å². The third kappa shape index (κ3) is 2.99. The zero-order chi connectivity index (χ0) is 17.3. The lowest BCUT2D eigenvalue weighted by Gasteiger charge is -2.17. The number of methoxy groups -OCH3 is 1. The first-order valence-electron chi connectivity index (χ1n) is 7.43. The van der Waals surface area contributed by atoms with Crippen LogP contribution in [0.5, 0.6) is 5.88 Å². The highest BCUT2D eigenvalue weighted by Gasteiger charge is 2.33. The molecule has 8 nitrogen and oxygen atoms in total. The molecule has 2 aromatic heterocycles. The number of aromatic nitrogens is 3. The van der Waals surface area contributed by atoms with Crippen molar-refractivity contribution in [2.24, 2.45) is 0 Å². The second-order valence-electron chi connectivity index (χ2n) is 5.72. The highest BCUT2D eigenvalue weighted by molar-refractivity contribution is 7.90. The molecule has 2 aromatic rings. The molecule has 0 radical (unpaired) electrons. The number of amides is 1. The summed E-state index contributed by atoms with van der Waals surface area (Å²) in [6, 6.07) is 3.35. The molecule has 0 aromatic carbocycles. The molecule has 3 heterocycles. The van der Waals surface area contributed by atoms with Crippen LogP contribution in [0.1, 0.15) is 28.4 Å². The standard InChI is InChI=1S/C15H18N4O4S/c1-23-14-11(4-3-6-16-14)15(20)19-7-5-10(9-19)13-12(8-17-18-13)24(2,21)22/h3-4,6,8,10H,5,7,9H2,1-2H3,(H,17,18)/t10-/m1/s1. The van der Waals surface area contributed by atoms with Gasteiger partial charge in [-0.15, -0.1) is 0 Å². The van der Waals surface area contributed by atoms with Crippen molar-refractivity contribution in [3.05, 3.63) is 35.8 Å². The first kappa shape index (κ1) is 16.4. The summed E-state index contributed by atoms with van der Waals surface area (Å²) < 4.78 is 28.8. The Balaban J connectivity index is 1.81. The zero-order valence-electron chi connectivity index (χ0n) is 13.4. The number of aromatic amines is 1. The van der Waals surface area contributed by atoms with E-state index in [1.807, 2.05) is 0 Å². The molecule has 0 spiro atoms. The van der Waals surface area contributed by atoms with Crippen molar-refractivity contribution < 1.29 is 17.9 Å². The van der Waals surface area contributed by atoms with Gasteiger partial charge >= 0.3 is 0 Å². The maximum atomic E-state index is 12.7. The number of H-pyrrole nitrogens is 1. The summed E-state index contributed by atoms with van der Waals surface area (Å²) in [6.45, 7) is 0.950. The topological polar surface area (TPSA) is 105 Å².